The van der Waals surface area contributed by atoms with Gasteiger partial charge in [0.2, 0.25) is 0 Å². The summed E-state index contributed by atoms with van der Waals surface area (Å²) in [6.45, 7) is 2.12. The molecule has 1 aliphatic heterocycles. The molecule has 0 amide bonds. The minimum atomic E-state index is -0.992. The largest absolute Gasteiger partial charge is 0.478 e. The van der Waals surface area contributed by atoms with Crippen molar-refractivity contribution in [2.75, 3.05) is 18.4 Å². The topological polar surface area (TPSA) is 78.3 Å². The summed E-state index contributed by atoms with van der Waals surface area (Å²) in [5.74, 6) is -0.256. The van der Waals surface area contributed by atoms with Crippen LogP contribution in [0.1, 0.15) is 23.2 Å². The molecule has 1 fully saturated rings. The third-order valence-electron chi connectivity index (χ3n) is 5.19. The summed E-state index contributed by atoms with van der Waals surface area (Å²) < 4.78 is 0. The predicted octanol–water partition coefficient (Wildman–Crippen LogP) is 2.23. The Hall–Kier alpha value is -2.73. The molecule has 1 aromatic heterocycles. The Balaban J connectivity index is 1.31. The number of rotatable bonds is 5. The van der Waals surface area contributed by atoms with Crippen molar-refractivity contribution in [1.29, 1.82) is 0 Å². The second kappa shape index (κ2) is 7.25. The molecule has 4 rings (SSSR count). The van der Waals surface area contributed by atoms with Crippen LogP contribution in [-0.4, -0.2) is 51.1 Å². The average Bonchev–Trinajstić information content (AvgIpc) is 3.27. The Kier molecular flexibility index (Phi) is 4.67. The van der Waals surface area contributed by atoms with Crippen molar-refractivity contribution in [3.05, 3.63) is 59.6 Å². The number of likely N-dealkylation sites (tertiary alicyclic amines) is 1. The highest BCUT2D eigenvalue weighted by molar-refractivity contribution is 5.84. The molecular formula is C20H22N4O2. The first kappa shape index (κ1) is 16.7. The number of anilines is 1. The summed E-state index contributed by atoms with van der Waals surface area (Å²) in [4.78, 5) is 21.7. The number of hydrogen-bond acceptors (Lipinski definition) is 5. The minimum absolute atomic E-state index is 0.369. The van der Waals surface area contributed by atoms with E-state index < -0.39 is 5.97 Å². The number of fused-ring (bicyclic) bond motifs is 1. The van der Waals surface area contributed by atoms with Crippen molar-refractivity contribution >= 4 is 17.9 Å². The van der Waals surface area contributed by atoms with Crippen LogP contribution in [0.15, 0.2) is 42.7 Å². The number of nitrogens with one attached hydrogen (secondary N) is 1. The molecule has 1 saturated heterocycles. The zero-order valence-electron chi connectivity index (χ0n) is 14.5. The Bertz CT molecular complexity index is 794. The highest BCUT2D eigenvalue weighted by atomic mass is 16.4. The zero-order chi connectivity index (χ0) is 17.9. The van der Waals surface area contributed by atoms with Crippen molar-refractivity contribution in [3.63, 3.8) is 0 Å². The van der Waals surface area contributed by atoms with Crippen molar-refractivity contribution in [2.45, 2.75) is 31.3 Å². The monoisotopic (exact) mass is 350 g/mol. The van der Waals surface area contributed by atoms with Crippen LogP contribution >= 0.6 is 0 Å². The standard InChI is InChI=1S/C20H22N4O2/c25-20(26)6-5-16-11-22-19(12-21-16)23-17-7-8-24(13-17)18-9-14-3-1-2-4-15(14)10-18/h1-6,11-12,17-18H,7-10,13H2,(H,22,23)(H,25,26)/t17-/m1/s1. The maximum absolute atomic E-state index is 10.5. The highest BCUT2D eigenvalue weighted by Gasteiger charge is 2.32. The number of carboxylic acids is 1. The number of nitrogens with zero attached hydrogens (tertiary/aromatic N) is 3. The third-order valence-corrected chi connectivity index (χ3v) is 5.19. The molecule has 2 N–H and O–H groups in total. The van der Waals surface area contributed by atoms with Crippen LogP contribution in [0.3, 0.4) is 0 Å². The molecule has 0 saturated carbocycles. The SMILES string of the molecule is O=C(O)C=Cc1cnc(N[C@@H]2CCN(C3Cc4ccccc4C3)C2)cn1. The number of aliphatic carboxylic acids is 1. The molecule has 6 heteroatoms. The molecular weight excluding hydrogens is 328 g/mol. The van der Waals surface area contributed by atoms with Crippen LogP contribution in [0, 0.1) is 0 Å². The molecule has 2 aliphatic rings. The molecule has 6 nitrogen and oxygen atoms in total. The number of carboxylic acid groups (broad SMARTS) is 1. The van der Waals surface area contributed by atoms with Gasteiger partial charge in [-0.05, 0) is 36.5 Å². The van der Waals surface area contributed by atoms with Crippen molar-refractivity contribution in [1.82, 2.24) is 14.9 Å². The molecule has 26 heavy (non-hydrogen) atoms. The number of benzene rings is 1. The second-order valence-corrected chi connectivity index (χ2v) is 6.95. The van der Waals surface area contributed by atoms with Gasteiger partial charge in [0.15, 0.2) is 0 Å². The lowest BCUT2D eigenvalue weighted by atomic mass is 10.1. The predicted molar refractivity (Wildman–Crippen MR) is 99.9 cm³/mol. The van der Waals surface area contributed by atoms with Crippen LogP contribution in [0.4, 0.5) is 5.82 Å². The number of carbonyl (C=O) groups is 1. The fourth-order valence-corrected chi connectivity index (χ4v) is 3.90. The van der Waals surface area contributed by atoms with E-state index in [1.807, 2.05) is 0 Å². The van der Waals surface area contributed by atoms with Gasteiger partial charge in [-0.1, -0.05) is 24.3 Å². The van der Waals surface area contributed by atoms with E-state index in [0.29, 0.717) is 17.8 Å². The van der Waals surface area contributed by atoms with Gasteiger partial charge < -0.3 is 10.4 Å². The van der Waals surface area contributed by atoms with Gasteiger partial charge in [0, 0.05) is 31.2 Å². The fourth-order valence-electron chi connectivity index (χ4n) is 3.90. The zero-order valence-corrected chi connectivity index (χ0v) is 14.5. The first-order valence-electron chi connectivity index (χ1n) is 8.98. The van der Waals surface area contributed by atoms with Gasteiger partial charge in [-0.2, -0.15) is 0 Å². The summed E-state index contributed by atoms with van der Waals surface area (Å²) >= 11 is 0. The lowest BCUT2D eigenvalue weighted by Crippen LogP contribution is -2.35. The quantitative estimate of drug-likeness (QED) is 0.805. The van der Waals surface area contributed by atoms with Crippen LogP contribution in [0.5, 0.6) is 0 Å². The van der Waals surface area contributed by atoms with E-state index in [1.165, 1.54) is 17.2 Å². The van der Waals surface area contributed by atoms with Crippen LogP contribution in [-0.2, 0) is 17.6 Å². The van der Waals surface area contributed by atoms with Crippen LogP contribution in [0.2, 0.25) is 0 Å². The maximum atomic E-state index is 10.5. The van der Waals surface area contributed by atoms with E-state index in [-0.39, 0.29) is 0 Å². The lowest BCUT2D eigenvalue weighted by Gasteiger charge is -2.23. The molecule has 1 aromatic carbocycles. The molecule has 0 unspecified atom stereocenters. The van der Waals surface area contributed by atoms with E-state index in [9.17, 15) is 4.79 Å². The number of aromatic nitrogens is 2. The maximum Gasteiger partial charge on any atom is 0.328 e. The van der Waals surface area contributed by atoms with Crippen LogP contribution in [0.25, 0.3) is 6.08 Å². The second-order valence-electron chi connectivity index (χ2n) is 6.95. The van der Waals surface area contributed by atoms with E-state index in [0.717, 1.165) is 44.2 Å². The van der Waals surface area contributed by atoms with Gasteiger partial charge in [-0.3, -0.25) is 9.88 Å². The minimum Gasteiger partial charge on any atom is -0.478 e. The summed E-state index contributed by atoms with van der Waals surface area (Å²) in [5, 5.41) is 12.1. The van der Waals surface area contributed by atoms with Crippen molar-refractivity contribution in [2.24, 2.45) is 0 Å². The molecule has 1 aliphatic carbocycles. The Labute approximate surface area is 152 Å². The van der Waals surface area contributed by atoms with Crippen molar-refractivity contribution < 1.29 is 9.90 Å². The molecule has 2 aromatic rings. The summed E-state index contributed by atoms with van der Waals surface area (Å²) in [7, 11) is 0. The van der Waals surface area contributed by atoms with Crippen LogP contribution < -0.4 is 5.32 Å². The van der Waals surface area contributed by atoms with Gasteiger partial charge in [-0.25, -0.2) is 9.78 Å². The smallest absolute Gasteiger partial charge is 0.328 e. The fraction of sp³-hybridized carbons (Fsp3) is 0.350. The normalized spacial score (nSPS) is 20.5. The molecule has 0 spiro atoms. The Morgan fingerprint density at radius 3 is 2.62 bits per heavy atom. The summed E-state index contributed by atoms with van der Waals surface area (Å²) in [6.07, 6.45) is 9.13. The van der Waals surface area contributed by atoms with Gasteiger partial charge in [0.25, 0.3) is 0 Å². The molecule has 1 atom stereocenters. The molecule has 134 valence electrons. The van der Waals surface area contributed by atoms with E-state index in [4.69, 9.17) is 5.11 Å². The molecule has 0 bridgehead atoms. The Morgan fingerprint density at radius 2 is 1.96 bits per heavy atom. The van der Waals surface area contributed by atoms with Gasteiger partial charge in [0.05, 0.1) is 18.1 Å². The lowest BCUT2D eigenvalue weighted by molar-refractivity contribution is -0.131. The highest BCUT2D eigenvalue weighted by Crippen LogP contribution is 2.28. The molecule has 0 radical (unpaired) electrons. The summed E-state index contributed by atoms with van der Waals surface area (Å²) in [6, 6.07) is 9.73. The van der Waals surface area contributed by atoms with Gasteiger partial charge >= 0.3 is 5.97 Å². The van der Waals surface area contributed by atoms with E-state index in [1.54, 1.807) is 12.4 Å². The van der Waals surface area contributed by atoms with Crippen molar-refractivity contribution in [3.8, 4) is 0 Å². The summed E-state index contributed by atoms with van der Waals surface area (Å²) in [5.41, 5.74) is 3.52. The van der Waals surface area contributed by atoms with Gasteiger partial charge in [0.1, 0.15) is 5.82 Å². The first-order chi connectivity index (χ1) is 12.7. The third kappa shape index (κ3) is 3.75. The first-order valence-corrected chi connectivity index (χ1v) is 8.98. The Morgan fingerprint density at radius 1 is 1.19 bits per heavy atom. The number of hydrogen-bond donors (Lipinski definition) is 2. The van der Waals surface area contributed by atoms with E-state index >= 15 is 0 Å². The average molecular weight is 350 g/mol. The van der Waals surface area contributed by atoms with E-state index in [2.05, 4.69) is 44.5 Å². The van der Waals surface area contributed by atoms with Gasteiger partial charge in [-0.15, -0.1) is 0 Å². The molecule has 2 heterocycles.